The largest absolute Gasteiger partial charge is 0.356 e. The third kappa shape index (κ3) is 5.54. The van der Waals surface area contributed by atoms with Crippen molar-refractivity contribution in [3.8, 4) is 5.69 Å². The maximum atomic E-state index is 12.5. The van der Waals surface area contributed by atoms with E-state index in [1.165, 1.54) is 28.7 Å². The van der Waals surface area contributed by atoms with Gasteiger partial charge in [0, 0.05) is 18.7 Å². The van der Waals surface area contributed by atoms with E-state index in [1.807, 2.05) is 67.1 Å². The molecule has 0 bridgehead atoms. The molecule has 0 radical (unpaired) electrons. The van der Waals surface area contributed by atoms with E-state index < -0.39 is 0 Å². The zero-order valence-corrected chi connectivity index (χ0v) is 19.5. The number of aryl methyl sites for hydroxylation is 1. The number of amides is 1. The Morgan fingerprint density at radius 3 is 2.50 bits per heavy atom. The van der Waals surface area contributed by atoms with Crippen molar-refractivity contribution in [2.24, 2.45) is 0 Å². The SMILES string of the molecule is Cc1nn(-c2ccccc2)c(C)c1NC(=O)CCSc1nnc(NCc2ccccc2)s1. The first-order valence-corrected chi connectivity index (χ1v) is 12.1. The molecule has 0 saturated heterocycles. The lowest BCUT2D eigenvalue weighted by Gasteiger charge is -2.07. The van der Waals surface area contributed by atoms with E-state index in [9.17, 15) is 4.79 Å². The number of rotatable bonds is 9. The second kappa shape index (κ2) is 10.4. The molecule has 32 heavy (non-hydrogen) atoms. The van der Waals surface area contributed by atoms with Crippen molar-refractivity contribution < 1.29 is 4.79 Å². The van der Waals surface area contributed by atoms with Crippen LogP contribution in [0.5, 0.6) is 0 Å². The number of carbonyl (C=O) groups is 1. The Labute approximate surface area is 195 Å². The highest BCUT2D eigenvalue weighted by Crippen LogP contribution is 2.27. The standard InChI is InChI=1S/C23H24N6OS2/c1-16-21(17(2)29(28-16)19-11-7-4-8-12-19)25-20(30)13-14-31-23-27-26-22(32-23)24-15-18-9-5-3-6-10-18/h3-12H,13-15H2,1-2H3,(H,24,26)(H,25,30). The number of anilines is 2. The van der Waals surface area contributed by atoms with Gasteiger partial charge in [0.2, 0.25) is 11.0 Å². The van der Waals surface area contributed by atoms with Crippen LogP contribution in [0.2, 0.25) is 0 Å². The summed E-state index contributed by atoms with van der Waals surface area (Å²) in [6.45, 7) is 4.57. The molecule has 0 aliphatic heterocycles. The molecule has 0 atom stereocenters. The van der Waals surface area contributed by atoms with Crippen LogP contribution in [0.1, 0.15) is 23.4 Å². The Balaban J connectivity index is 1.26. The van der Waals surface area contributed by atoms with Gasteiger partial charge in [0.05, 0.1) is 22.8 Å². The molecule has 4 aromatic rings. The van der Waals surface area contributed by atoms with Gasteiger partial charge in [0.25, 0.3) is 0 Å². The van der Waals surface area contributed by atoms with Gasteiger partial charge in [0.15, 0.2) is 4.34 Å². The minimum atomic E-state index is -0.0387. The van der Waals surface area contributed by atoms with Gasteiger partial charge in [-0.1, -0.05) is 71.6 Å². The second-order valence-electron chi connectivity index (χ2n) is 7.15. The topological polar surface area (TPSA) is 84.7 Å². The van der Waals surface area contributed by atoms with Crippen LogP contribution in [0, 0.1) is 13.8 Å². The lowest BCUT2D eigenvalue weighted by atomic mass is 10.2. The average molecular weight is 465 g/mol. The van der Waals surface area contributed by atoms with Crippen LogP contribution in [0.3, 0.4) is 0 Å². The maximum absolute atomic E-state index is 12.5. The van der Waals surface area contributed by atoms with Gasteiger partial charge >= 0.3 is 0 Å². The fourth-order valence-corrected chi connectivity index (χ4v) is 4.95. The molecule has 4 rings (SSSR count). The summed E-state index contributed by atoms with van der Waals surface area (Å²) in [5.41, 5.74) is 4.64. The van der Waals surface area contributed by atoms with Gasteiger partial charge in [-0.05, 0) is 31.5 Å². The molecule has 164 valence electrons. The second-order valence-corrected chi connectivity index (χ2v) is 9.47. The van der Waals surface area contributed by atoms with E-state index in [-0.39, 0.29) is 5.91 Å². The highest BCUT2D eigenvalue weighted by molar-refractivity contribution is 8.01. The van der Waals surface area contributed by atoms with Crippen LogP contribution in [0.15, 0.2) is 65.0 Å². The van der Waals surface area contributed by atoms with Crippen molar-refractivity contribution in [1.82, 2.24) is 20.0 Å². The van der Waals surface area contributed by atoms with Gasteiger partial charge in [-0.3, -0.25) is 4.79 Å². The number of para-hydroxylation sites is 1. The Bertz CT molecular complexity index is 1170. The average Bonchev–Trinajstić information content (AvgIpc) is 3.38. The molecular formula is C23H24N6OS2. The normalized spacial score (nSPS) is 10.8. The first kappa shape index (κ1) is 22.0. The first-order chi connectivity index (χ1) is 15.6. The quantitative estimate of drug-likeness (QED) is 0.336. The number of hydrogen-bond donors (Lipinski definition) is 2. The van der Waals surface area contributed by atoms with Gasteiger partial charge in [-0.2, -0.15) is 5.10 Å². The molecule has 7 nitrogen and oxygen atoms in total. The highest BCUT2D eigenvalue weighted by Gasteiger charge is 2.15. The molecule has 0 fully saturated rings. The predicted molar refractivity (Wildman–Crippen MR) is 131 cm³/mol. The van der Waals surface area contributed by atoms with Crippen LogP contribution in [0.4, 0.5) is 10.8 Å². The minimum Gasteiger partial charge on any atom is -0.356 e. The van der Waals surface area contributed by atoms with Crippen LogP contribution in [-0.4, -0.2) is 31.6 Å². The molecule has 2 heterocycles. The minimum absolute atomic E-state index is 0.0387. The molecule has 2 N–H and O–H groups in total. The first-order valence-electron chi connectivity index (χ1n) is 10.3. The third-order valence-electron chi connectivity index (χ3n) is 4.80. The molecule has 9 heteroatoms. The fourth-order valence-electron chi connectivity index (χ4n) is 3.19. The number of carbonyl (C=O) groups excluding carboxylic acids is 1. The van der Waals surface area contributed by atoms with Crippen molar-refractivity contribution in [3.05, 3.63) is 77.6 Å². The lowest BCUT2D eigenvalue weighted by Crippen LogP contribution is -2.13. The zero-order chi connectivity index (χ0) is 22.3. The van der Waals surface area contributed by atoms with Gasteiger partial charge in [-0.25, -0.2) is 4.68 Å². The summed E-state index contributed by atoms with van der Waals surface area (Å²) in [6, 6.07) is 20.0. The molecule has 2 aromatic carbocycles. The van der Waals surface area contributed by atoms with E-state index in [4.69, 9.17) is 0 Å². The number of nitrogens with one attached hydrogen (secondary N) is 2. The Morgan fingerprint density at radius 2 is 1.75 bits per heavy atom. The summed E-state index contributed by atoms with van der Waals surface area (Å²) in [4.78, 5) is 12.5. The van der Waals surface area contributed by atoms with Crippen LogP contribution in [-0.2, 0) is 11.3 Å². The van der Waals surface area contributed by atoms with Crippen LogP contribution < -0.4 is 10.6 Å². The van der Waals surface area contributed by atoms with Crippen molar-refractivity contribution in [1.29, 1.82) is 0 Å². The molecule has 0 aliphatic carbocycles. The van der Waals surface area contributed by atoms with Gasteiger partial charge in [-0.15, -0.1) is 10.2 Å². The Kier molecular flexibility index (Phi) is 7.18. The van der Waals surface area contributed by atoms with Crippen LogP contribution in [0.25, 0.3) is 5.69 Å². The number of hydrogen-bond acceptors (Lipinski definition) is 7. The summed E-state index contributed by atoms with van der Waals surface area (Å²) < 4.78 is 2.70. The summed E-state index contributed by atoms with van der Waals surface area (Å²) in [5.74, 6) is 0.590. The molecule has 0 unspecified atom stereocenters. The Morgan fingerprint density at radius 1 is 1.03 bits per heavy atom. The summed E-state index contributed by atoms with van der Waals surface area (Å²) in [6.07, 6.45) is 0.381. The van der Waals surface area contributed by atoms with Gasteiger partial charge < -0.3 is 10.6 Å². The molecule has 0 aliphatic rings. The van der Waals surface area contributed by atoms with Crippen molar-refractivity contribution >= 4 is 39.8 Å². The number of thioether (sulfide) groups is 1. The van der Waals surface area contributed by atoms with Crippen LogP contribution >= 0.6 is 23.1 Å². The van der Waals surface area contributed by atoms with Crippen molar-refractivity contribution in [3.63, 3.8) is 0 Å². The van der Waals surface area contributed by atoms with Crippen molar-refractivity contribution in [2.45, 2.75) is 31.2 Å². The molecule has 0 saturated carbocycles. The molecule has 2 aromatic heterocycles. The van der Waals surface area contributed by atoms with E-state index >= 15 is 0 Å². The summed E-state index contributed by atoms with van der Waals surface area (Å²) in [7, 11) is 0. The van der Waals surface area contributed by atoms with Crippen molar-refractivity contribution in [2.75, 3.05) is 16.4 Å². The van der Waals surface area contributed by atoms with E-state index in [0.29, 0.717) is 18.7 Å². The zero-order valence-electron chi connectivity index (χ0n) is 17.9. The molecule has 0 spiro atoms. The molecule has 1 amide bonds. The Hall–Kier alpha value is -3.17. The van der Waals surface area contributed by atoms with E-state index in [1.54, 1.807) is 0 Å². The number of aromatic nitrogens is 4. The summed E-state index contributed by atoms with van der Waals surface area (Å²) in [5, 5.41) is 20.0. The number of nitrogens with zero attached hydrogens (tertiary/aromatic N) is 4. The third-order valence-corrected chi connectivity index (χ3v) is 6.82. The predicted octanol–water partition coefficient (Wildman–Crippen LogP) is 5.07. The van der Waals surface area contributed by atoms with E-state index in [0.717, 1.165) is 32.2 Å². The maximum Gasteiger partial charge on any atom is 0.225 e. The van der Waals surface area contributed by atoms with Gasteiger partial charge in [0.1, 0.15) is 0 Å². The number of benzene rings is 2. The summed E-state index contributed by atoms with van der Waals surface area (Å²) >= 11 is 3.03. The molecular weight excluding hydrogens is 440 g/mol. The fraction of sp³-hybridized carbons (Fsp3) is 0.217. The smallest absolute Gasteiger partial charge is 0.225 e. The highest BCUT2D eigenvalue weighted by atomic mass is 32.2. The lowest BCUT2D eigenvalue weighted by molar-refractivity contribution is -0.115. The van der Waals surface area contributed by atoms with E-state index in [2.05, 4.69) is 38.1 Å². The monoisotopic (exact) mass is 464 g/mol.